The normalized spacial score (nSPS) is 12.6. The molecule has 0 amide bonds. The number of hydrogen-bond acceptors (Lipinski definition) is 2. The molecule has 1 nitrogen and oxygen atoms in total. The van der Waals surface area contributed by atoms with Crippen molar-refractivity contribution in [3.05, 3.63) is 29.3 Å². The summed E-state index contributed by atoms with van der Waals surface area (Å²) in [5.74, 6) is -1.14. The van der Waals surface area contributed by atoms with Crippen LogP contribution >= 0.6 is 23.4 Å². The van der Waals surface area contributed by atoms with E-state index in [1.54, 1.807) is 0 Å². The van der Waals surface area contributed by atoms with Gasteiger partial charge in [-0.3, -0.25) is 4.79 Å². The molecule has 0 aromatic heterocycles. The Morgan fingerprint density at radius 2 is 1.75 bits per heavy atom. The average Bonchev–Trinajstić information content (AvgIpc) is 2.27. The zero-order valence-electron chi connectivity index (χ0n) is 9.61. The van der Waals surface area contributed by atoms with Gasteiger partial charge in [-0.15, -0.1) is 11.6 Å². The predicted molar refractivity (Wildman–Crippen MR) is 62.8 cm³/mol. The minimum Gasteiger partial charge on any atom is -0.298 e. The van der Waals surface area contributed by atoms with Crippen molar-refractivity contribution in [3.63, 3.8) is 0 Å². The topological polar surface area (TPSA) is 17.1 Å². The summed E-state index contributed by atoms with van der Waals surface area (Å²) in [4.78, 5) is 10.1. The maximum Gasteiger partial charge on any atom is 0.446 e. The number of Topliss-reactive ketones (excluding diaryl/α,β-unsaturated/α-hetero) is 1. The number of ketones is 1. The summed E-state index contributed by atoms with van der Waals surface area (Å²) >= 11 is 4.33. The minimum atomic E-state index is -4.94. The third kappa shape index (κ3) is 4.90. The van der Waals surface area contributed by atoms with Gasteiger partial charge in [-0.25, -0.2) is 0 Å². The van der Waals surface area contributed by atoms with Crippen LogP contribution in [0.2, 0.25) is 0 Å². The van der Waals surface area contributed by atoms with E-state index in [0.29, 0.717) is 6.07 Å². The van der Waals surface area contributed by atoms with E-state index in [2.05, 4.69) is 0 Å². The lowest BCUT2D eigenvalue weighted by atomic mass is 10.1. The van der Waals surface area contributed by atoms with Crippen LogP contribution in [0.3, 0.4) is 0 Å². The Balaban J connectivity index is 3.33. The Kier molecular flexibility index (Phi) is 5.37. The highest BCUT2D eigenvalue weighted by atomic mass is 35.5. The van der Waals surface area contributed by atoms with Gasteiger partial charge >= 0.3 is 11.7 Å². The molecule has 1 aromatic carbocycles. The first-order chi connectivity index (χ1) is 9.04. The highest BCUT2D eigenvalue weighted by molar-refractivity contribution is 8.00. The fourth-order valence-corrected chi connectivity index (χ4v) is 2.33. The second kappa shape index (κ2) is 6.26. The van der Waals surface area contributed by atoms with E-state index in [9.17, 15) is 31.1 Å². The van der Waals surface area contributed by atoms with Crippen LogP contribution in [0.1, 0.15) is 11.1 Å². The molecule has 9 heteroatoms. The first-order valence-corrected chi connectivity index (χ1v) is 6.42. The molecule has 1 rings (SSSR count). The van der Waals surface area contributed by atoms with E-state index in [4.69, 9.17) is 11.6 Å². The van der Waals surface area contributed by atoms with Gasteiger partial charge in [0.25, 0.3) is 0 Å². The summed E-state index contributed by atoms with van der Waals surface area (Å²) in [6.07, 6.45) is -5.51. The van der Waals surface area contributed by atoms with Crippen molar-refractivity contribution in [3.8, 4) is 0 Å². The molecule has 0 atom stereocenters. The highest BCUT2D eigenvalue weighted by Crippen LogP contribution is 2.45. The quantitative estimate of drug-likeness (QED) is 0.451. The van der Waals surface area contributed by atoms with Crippen LogP contribution in [0.5, 0.6) is 0 Å². The molecular weight excluding hydrogens is 330 g/mol. The number of benzene rings is 1. The van der Waals surface area contributed by atoms with Crippen molar-refractivity contribution in [2.75, 3.05) is 5.88 Å². The molecule has 20 heavy (non-hydrogen) atoms. The van der Waals surface area contributed by atoms with Crippen molar-refractivity contribution in [2.45, 2.75) is 23.0 Å². The molecule has 0 radical (unpaired) electrons. The number of thioether (sulfide) groups is 1. The largest absolute Gasteiger partial charge is 0.446 e. The lowest BCUT2D eigenvalue weighted by Gasteiger charge is -2.17. The summed E-state index contributed by atoms with van der Waals surface area (Å²) in [6.45, 7) is 0. The first kappa shape index (κ1) is 17.2. The molecule has 0 fully saturated rings. The molecule has 0 aliphatic heterocycles. The smallest absolute Gasteiger partial charge is 0.298 e. The molecular formula is C11H7ClF6OS. The van der Waals surface area contributed by atoms with Crippen LogP contribution in [-0.2, 0) is 17.4 Å². The molecule has 0 N–H and O–H groups in total. The standard InChI is InChI=1S/C11H7ClF6OS/c12-5-7(19)4-6-2-1-3-8(10(13,14)15)9(6)20-11(16,17)18/h1-3H,4-5H2. The van der Waals surface area contributed by atoms with E-state index in [1.165, 1.54) is 0 Å². The summed E-state index contributed by atoms with van der Waals surface area (Å²) in [5, 5.41) is 0. The number of carbonyl (C=O) groups excluding carboxylic acids is 1. The highest BCUT2D eigenvalue weighted by Gasteiger charge is 2.39. The summed E-state index contributed by atoms with van der Waals surface area (Å²) in [5.41, 5.74) is -6.65. The molecule has 0 aliphatic carbocycles. The maximum absolute atomic E-state index is 12.7. The predicted octanol–water partition coefficient (Wildman–Crippen LogP) is 4.67. The molecule has 0 unspecified atom stereocenters. The molecule has 0 aliphatic rings. The molecule has 1 aromatic rings. The van der Waals surface area contributed by atoms with E-state index in [0.717, 1.165) is 12.1 Å². The second-order valence-corrected chi connectivity index (χ2v) is 5.03. The molecule has 112 valence electrons. The van der Waals surface area contributed by atoms with Gasteiger partial charge in [0.2, 0.25) is 0 Å². The Bertz CT molecular complexity index is 497. The lowest BCUT2D eigenvalue weighted by molar-refractivity contribution is -0.140. The Hall–Kier alpha value is -0.890. The average molecular weight is 337 g/mol. The van der Waals surface area contributed by atoms with Gasteiger partial charge in [-0.1, -0.05) is 12.1 Å². The molecule has 0 saturated carbocycles. The molecule has 0 heterocycles. The summed E-state index contributed by atoms with van der Waals surface area (Å²) in [7, 11) is 0. The van der Waals surface area contributed by atoms with Gasteiger partial charge in [0.15, 0.2) is 5.78 Å². The van der Waals surface area contributed by atoms with Crippen molar-refractivity contribution >= 4 is 29.1 Å². The Morgan fingerprint density at radius 1 is 1.15 bits per heavy atom. The lowest BCUT2D eigenvalue weighted by Crippen LogP contribution is -2.13. The van der Waals surface area contributed by atoms with Gasteiger partial charge in [0.1, 0.15) is 0 Å². The van der Waals surface area contributed by atoms with Gasteiger partial charge in [-0.2, -0.15) is 26.3 Å². The zero-order valence-corrected chi connectivity index (χ0v) is 11.2. The van der Waals surface area contributed by atoms with Crippen LogP contribution in [0.4, 0.5) is 26.3 Å². The van der Waals surface area contributed by atoms with Gasteiger partial charge in [0, 0.05) is 11.3 Å². The van der Waals surface area contributed by atoms with Crippen LogP contribution in [0, 0.1) is 0 Å². The first-order valence-electron chi connectivity index (χ1n) is 5.07. The number of hydrogen-bond donors (Lipinski definition) is 0. The van der Waals surface area contributed by atoms with Gasteiger partial charge in [-0.05, 0) is 23.4 Å². The summed E-state index contributed by atoms with van der Waals surface area (Å²) < 4.78 is 75.4. The van der Waals surface area contributed by atoms with Gasteiger partial charge in [0.05, 0.1) is 11.4 Å². The van der Waals surface area contributed by atoms with E-state index >= 15 is 0 Å². The van der Waals surface area contributed by atoms with Gasteiger partial charge < -0.3 is 0 Å². The number of halogens is 7. The van der Waals surface area contributed by atoms with Crippen molar-refractivity contribution < 1.29 is 31.1 Å². The van der Waals surface area contributed by atoms with E-state index < -0.39 is 52.0 Å². The Morgan fingerprint density at radius 3 is 2.20 bits per heavy atom. The molecule has 0 spiro atoms. The number of alkyl halides is 7. The van der Waals surface area contributed by atoms with Crippen LogP contribution in [-0.4, -0.2) is 17.2 Å². The number of carbonyl (C=O) groups is 1. The van der Waals surface area contributed by atoms with Crippen LogP contribution in [0.15, 0.2) is 23.1 Å². The van der Waals surface area contributed by atoms with Crippen LogP contribution in [0.25, 0.3) is 0 Å². The Labute approximate surface area is 119 Å². The minimum absolute atomic E-state index is 0.340. The fourth-order valence-electron chi connectivity index (χ4n) is 1.44. The fraction of sp³-hybridized carbons (Fsp3) is 0.364. The molecule has 0 bridgehead atoms. The van der Waals surface area contributed by atoms with E-state index in [1.807, 2.05) is 0 Å². The monoisotopic (exact) mass is 336 g/mol. The second-order valence-electron chi connectivity index (χ2n) is 3.69. The van der Waals surface area contributed by atoms with Crippen molar-refractivity contribution in [1.82, 2.24) is 0 Å². The van der Waals surface area contributed by atoms with Crippen molar-refractivity contribution in [2.24, 2.45) is 0 Å². The third-order valence-corrected chi connectivity index (χ3v) is 3.37. The van der Waals surface area contributed by atoms with Crippen LogP contribution < -0.4 is 0 Å². The van der Waals surface area contributed by atoms with E-state index in [-0.39, 0.29) is 5.56 Å². The van der Waals surface area contributed by atoms with Crippen molar-refractivity contribution in [1.29, 1.82) is 0 Å². The maximum atomic E-state index is 12.7. The zero-order chi connectivity index (χ0) is 15.6. The summed E-state index contributed by atoms with van der Waals surface area (Å²) in [6, 6.07) is 2.55. The SMILES string of the molecule is O=C(CCl)Cc1cccc(C(F)(F)F)c1SC(F)(F)F. The third-order valence-electron chi connectivity index (χ3n) is 2.16. The molecule has 0 saturated heterocycles. The number of rotatable bonds is 4.